The van der Waals surface area contributed by atoms with E-state index in [0.717, 1.165) is 30.0 Å². The van der Waals surface area contributed by atoms with E-state index in [1.807, 2.05) is 30.3 Å². The van der Waals surface area contributed by atoms with Gasteiger partial charge in [0.05, 0.1) is 12.3 Å². The van der Waals surface area contributed by atoms with Gasteiger partial charge in [0, 0.05) is 5.69 Å². The van der Waals surface area contributed by atoms with Crippen molar-refractivity contribution in [3.63, 3.8) is 0 Å². The Morgan fingerprint density at radius 1 is 1.15 bits per heavy atom. The molecule has 140 valence electrons. The van der Waals surface area contributed by atoms with Gasteiger partial charge in [-0.1, -0.05) is 51.3 Å². The van der Waals surface area contributed by atoms with Crippen molar-refractivity contribution in [2.75, 3.05) is 6.61 Å². The number of H-pyrrole nitrogens is 1. The Hall–Kier alpha value is -2.10. The smallest absolute Gasteiger partial charge is 0.345 e. The van der Waals surface area contributed by atoms with Gasteiger partial charge >= 0.3 is 5.69 Å². The van der Waals surface area contributed by atoms with E-state index in [2.05, 4.69) is 23.8 Å². The molecule has 0 radical (unpaired) electrons. The third-order valence-corrected chi connectivity index (χ3v) is 5.24. The summed E-state index contributed by atoms with van der Waals surface area (Å²) in [5, 5.41) is 0. The molecule has 4 nitrogen and oxygen atoms in total. The number of nitrogens with one attached hydrogen (secondary N) is 1. The summed E-state index contributed by atoms with van der Waals surface area (Å²) in [6.07, 6.45) is 7.97. The molecule has 0 aliphatic heterocycles. The lowest BCUT2D eigenvalue weighted by Crippen LogP contribution is -2.23. The highest BCUT2D eigenvalue weighted by atomic mass is 16.5. The molecule has 3 rings (SSSR count). The maximum Gasteiger partial charge on any atom is 0.345 e. The zero-order chi connectivity index (χ0) is 18.4. The summed E-state index contributed by atoms with van der Waals surface area (Å²) in [6, 6.07) is 9.92. The summed E-state index contributed by atoms with van der Waals surface area (Å²) in [5.74, 6) is 1.63. The van der Waals surface area contributed by atoms with Gasteiger partial charge in [-0.3, -0.25) is 0 Å². The highest BCUT2D eigenvalue weighted by Gasteiger charge is 2.23. The number of rotatable bonds is 7. The molecule has 1 aromatic heterocycles. The predicted octanol–water partition coefficient (Wildman–Crippen LogP) is 4.95. The molecular weight excluding hydrogens is 324 g/mol. The van der Waals surface area contributed by atoms with Crippen LogP contribution in [0.2, 0.25) is 0 Å². The molecule has 1 aliphatic rings. The van der Waals surface area contributed by atoms with E-state index in [4.69, 9.17) is 4.74 Å². The third kappa shape index (κ3) is 4.75. The van der Waals surface area contributed by atoms with Crippen LogP contribution in [0.4, 0.5) is 0 Å². The van der Waals surface area contributed by atoms with E-state index < -0.39 is 0 Å². The van der Waals surface area contributed by atoms with Crippen LogP contribution in [0.15, 0.2) is 35.1 Å². The van der Waals surface area contributed by atoms with Crippen LogP contribution in [0, 0.1) is 0 Å². The van der Waals surface area contributed by atoms with Crippen LogP contribution in [-0.2, 0) is 6.42 Å². The summed E-state index contributed by atoms with van der Waals surface area (Å²) in [4.78, 5) is 19.5. The van der Waals surface area contributed by atoms with Crippen LogP contribution < -0.4 is 10.4 Å². The number of ether oxygens (including phenoxy) is 1. The molecule has 0 amide bonds. The van der Waals surface area contributed by atoms with E-state index in [9.17, 15) is 4.79 Å². The standard InChI is InChI=1S/C22H30N2O2/c1-16(2)20-19(14-9-15-26-18-12-7-4-8-13-18)21(24-22(25)23-20)17-10-5-3-6-11-17/h4,7-8,12-13,16-17H,3,5-6,9-11,14-15H2,1-2H3,(H,23,24,25). The van der Waals surface area contributed by atoms with Gasteiger partial charge in [-0.25, -0.2) is 4.79 Å². The Kier molecular flexibility index (Phi) is 6.48. The van der Waals surface area contributed by atoms with Crippen LogP contribution >= 0.6 is 0 Å². The Balaban J connectivity index is 1.75. The summed E-state index contributed by atoms with van der Waals surface area (Å²) >= 11 is 0. The predicted molar refractivity (Wildman–Crippen MR) is 105 cm³/mol. The van der Waals surface area contributed by atoms with Crippen molar-refractivity contribution in [3.05, 3.63) is 57.8 Å². The first-order valence-electron chi connectivity index (χ1n) is 9.96. The Morgan fingerprint density at radius 3 is 2.58 bits per heavy atom. The van der Waals surface area contributed by atoms with Crippen molar-refractivity contribution >= 4 is 0 Å². The zero-order valence-electron chi connectivity index (χ0n) is 16.0. The topological polar surface area (TPSA) is 55.0 Å². The minimum Gasteiger partial charge on any atom is -0.494 e. The van der Waals surface area contributed by atoms with Gasteiger partial charge in [-0.05, 0) is 55.2 Å². The Bertz CT molecular complexity index is 746. The molecule has 1 N–H and O–H groups in total. The molecule has 1 aliphatic carbocycles. The maximum atomic E-state index is 12.1. The number of hydrogen-bond donors (Lipinski definition) is 1. The van der Waals surface area contributed by atoms with Crippen molar-refractivity contribution in [2.45, 2.75) is 70.6 Å². The van der Waals surface area contributed by atoms with Gasteiger partial charge in [-0.15, -0.1) is 0 Å². The van der Waals surface area contributed by atoms with Crippen LogP contribution in [0.1, 0.15) is 81.2 Å². The summed E-state index contributed by atoms with van der Waals surface area (Å²) < 4.78 is 5.84. The average Bonchev–Trinajstić information content (AvgIpc) is 2.67. The first-order chi connectivity index (χ1) is 12.6. The number of benzene rings is 1. The van der Waals surface area contributed by atoms with Gasteiger partial charge in [0.25, 0.3) is 0 Å². The van der Waals surface area contributed by atoms with E-state index >= 15 is 0 Å². The lowest BCUT2D eigenvalue weighted by molar-refractivity contribution is 0.310. The lowest BCUT2D eigenvalue weighted by Gasteiger charge is -2.25. The molecule has 0 atom stereocenters. The number of para-hydroxylation sites is 1. The van der Waals surface area contributed by atoms with Gasteiger partial charge in [0.15, 0.2) is 0 Å². The molecule has 1 fully saturated rings. The first kappa shape index (κ1) is 18.7. The fraction of sp³-hybridized carbons (Fsp3) is 0.545. The van der Waals surface area contributed by atoms with E-state index in [1.165, 1.54) is 37.7 Å². The molecule has 1 saturated carbocycles. The molecule has 1 heterocycles. The fourth-order valence-corrected chi connectivity index (χ4v) is 3.97. The van der Waals surface area contributed by atoms with Gasteiger partial charge < -0.3 is 9.72 Å². The summed E-state index contributed by atoms with van der Waals surface area (Å²) in [6.45, 7) is 4.91. The first-order valence-corrected chi connectivity index (χ1v) is 9.96. The molecule has 0 unspecified atom stereocenters. The van der Waals surface area contributed by atoms with Crippen molar-refractivity contribution in [1.29, 1.82) is 0 Å². The minimum absolute atomic E-state index is 0.196. The van der Waals surface area contributed by atoms with Crippen molar-refractivity contribution < 1.29 is 4.74 Å². The molecule has 0 spiro atoms. The molecule has 2 aromatic rings. The Labute approximate surface area is 156 Å². The number of nitrogens with zero attached hydrogens (tertiary/aromatic N) is 1. The second-order valence-corrected chi connectivity index (χ2v) is 7.57. The van der Waals surface area contributed by atoms with Gasteiger partial charge in [0.2, 0.25) is 0 Å². The molecule has 0 bridgehead atoms. The molecule has 4 heteroatoms. The molecule has 0 saturated heterocycles. The second kappa shape index (κ2) is 9.02. The maximum absolute atomic E-state index is 12.1. The van der Waals surface area contributed by atoms with Gasteiger partial charge in [-0.2, -0.15) is 4.98 Å². The number of aromatic amines is 1. The Morgan fingerprint density at radius 2 is 1.88 bits per heavy atom. The van der Waals surface area contributed by atoms with Gasteiger partial charge in [0.1, 0.15) is 5.75 Å². The van der Waals surface area contributed by atoms with Crippen LogP contribution in [-0.4, -0.2) is 16.6 Å². The van der Waals surface area contributed by atoms with E-state index in [-0.39, 0.29) is 11.6 Å². The monoisotopic (exact) mass is 354 g/mol. The molecule has 26 heavy (non-hydrogen) atoms. The fourth-order valence-electron chi connectivity index (χ4n) is 3.97. The normalized spacial score (nSPS) is 15.3. The van der Waals surface area contributed by atoms with Crippen LogP contribution in [0.5, 0.6) is 5.75 Å². The molecule has 1 aromatic carbocycles. The quantitative estimate of drug-likeness (QED) is 0.716. The van der Waals surface area contributed by atoms with Crippen molar-refractivity contribution in [1.82, 2.24) is 9.97 Å². The largest absolute Gasteiger partial charge is 0.494 e. The SMILES string of the molecule is CC(C)c1nc(=O)[nH]c(C2CCCCC2)c1CCCOc1ccccc1. The van der Waals surface area contributed by atoms with Crippen molar-refractivity contribution in [2.24, 2.45) is 0 Å². The summed E-state index contributed by atoms with van der Waals surface area (Å²) in [7, 11) is 0. The third-order valence-electron chi connectivity index (χ3n) is 5.24. The van der Waals surface area contributed by atoms with Crippen molar-refractivity contribution in [3.8, 4) is 5.75 Å². The number of hydrogen-bond acceptors (Lipinski definition) is 3. The second-order valence-electron chi connectivity index (χ2n) is 7.57. The highest BCUT2D eigenvalue weighted by molar-refractivity contribution is 5.30. The lowest BCUT2D eigenvalue weighted by atomic mass is 9.83. The average molecular weight is 354 g/mol. The highest BCUT2D eigenvalue weighted by Crippen LogP contribution is 2.35. The van der Waals surface area contributed by atoms with Crippen LogP contribution in [0.3, 0.4) is 0 Å². The zero-order valence-corrected chi connectivity index (χ0v) is 16.0. The van der Waals surface area contributed by atoms with E-state index in [0.29, 0.717) is 12.5 Å². The minimum atomic E-state index is -0.196. The summed E-state index contributed by atoms with van der Waals surface area (Å²) in [5.41, 5.74) is 3.17. The molecular formula is C22H30N2O2. The number of aromatic nitrogens is 2. The van der Waals surface area contributed by atoms with Crippen LogP contribution in [0.25, 0.3) is 0 Å². The van der Waals surface area contributed by atoms with E-state index in [1.54, 1.807) is 0 Å².